The number of likely N-dealkylation sites (tertiary alicyclic amines) is 3. The Hall–Kier alpha value is -0.840. The van der Waals surface area contributed by atoms with Gasteiger partial charge in [0.1, 0.15) is 11.5 Å². The molecular formula is C19H31N3O. The third-order valence-electron chi connectivity index (χ3n) is 6.29. The zero-order chi connectivity index (χ0) is 15.8. The smallest absolute Gasteiger partial charge is 0.118 e. The van der Waals surface area contributed by atoms with E-state index in [2.05, 4.69) is 33.9 Å². The summed E-state index contributed by atoms with van der Waals surface area (Å²) < 4.78 is 5.77. The number of aryl methyl sites for hydroxylation is 1. The van der Waals surface area contributed by atoms with Crippen molar-refractivity contribution < 1.29 is 4.42 Å². The van der Waals surface area contributed by atoms with Crippen LogP contribution >= 0.6 is 0 Å². The van der Waals surface area contributed by atoms with E-state index in [1.165, 1.54) is 58.4 Å². The molecule has 0 amide bonds. The van der Waals surface area contributed by atoms with Crippen LogP contribution in [0, 0.1) is 12.8 Å². The van der Waals surface area contributed by atoms with Crippen molar-refractivity contribution in [1.82, 2.24) is 14.7 Å². The largest absolute Gasteiger partial charge is 0.465 e. The lowest BCUT2D eigenvalue weighted by molar-refractivity contribution is 0.102. The average Bonchev–Trinajstić information content (AvgIpc) is 3.24. The van der Waals surface area contributed by atoms with Crippen molar-refractivity contribution in [2.75, 3.05) is 39.8 Å². The molecule has 1 aromatic rings. The monoisotopic (exact) mass is 317 g/mol. The van der Waals surface area contributed by atoms with Gasteiger partial charge >= 0.3 is 0 Å². The summed E-state index contributed by atoms with van der Waals surface area (Å²) >= 11 is 0. The number of likely N-dealkylation sites (N-methyl/N-ethyl adjacent to an activating group) is 1. The molecule has 3 aliphatic rings. The maximum absolute atomic E-state index is 5.77. The van der Waals surface area contributed by atoms with Crippen molar-refractivity contribution >= 4 is 0 Å². The first-order valence-corrected chi connectivity index (χ1v) is 9.41. The molecule has 3 atom stereocenters. The molecule has 4 heterocycles. The van der Waals surface area contributed by atoms with E-state index in [4.69, 9.17) is 4.42 Å². The molecule has 0 radical (unpaired) electrons. The van der Waals surface area contributed by atoms with Gasteiger partial charge in [0.25, 0.3) is 0 Å². The Kier molecular flexibility index (Phi) is 4.48. The molecule has 3 saturated heterocycles. The van der Waals surface area contributed by atoms with Crippen molar-refractivity contribution in [3.63, 3.8) is 0 Å². The number of fused-ring (bicyclic) bond motifs is 1. The van der Waals surface area contributed by atoms with Gasteiger partial charge in [0.2, 0.25) is 0 Å². The van der Waals surface area contributed by atoms with Crippen LogP contribution in [0.2, 0.25) is 0 Å². The van der Waals surface area contributed by atoms with Gasteiger partial charge in [0, 0.05) is 31.7 Å². The number of piperidine rings is 1. The number of hydrogen-bond acceptors (Lipinski definition) is 4. The van der Waals surface area contributed by atoms with E-state index in [0.29, 0.717) is 0 Å². The predicted molar refractivity (Wildman–Crippen MR) is 92.5 cm³/mol. The Morgan fingerprint density at radius 1 is 1.13 bits per heavy atom. The van der Waals surface area contributed by atoms with Crippen molar-refractivity contribution in [3.05, 3.63) is 23.7 Å². The second-order valence-electron chi connectivity index (χ2n) is 7.93. The normalized spacial score (nSPS) is 33.4. The Labute approximate surface area is 140 Å². The molecule has 4 heteroatoms. The summed E-state index contributed by atoms with van der Waals surface area (Å²) in [6.45, 7) is 9.41. The molecule has 4 rings (SSSR count). The zero-order valence-corrected chi connectivity index (χ0v) is 14.7. The van der Waals surface area contributed by atoms with Gasteiger partial charge < -0.3 is 9.32 Å². The molecule has 128 valence electrons. The van der Waals surface area contributed by atoms with Crippen molar-refractivity contribution in [1.29, 1.82) is 0 Å². The van der Waals surface area contributed by atoms with Crippen LogP contribution in [0.1, 0.15) is 37.2 Å². The van der Waals surface area contributed by atoms with Crippen LogP contribution in [0.25, 0.3) is 0 Å². The van der Waals surface area contributed by atoms with E-state index in [0.717, 1.165) is 36.1 Å². The predicted octanol–water partition coefficient (Wildman–Crippen LogP) is 2.58. The lowest BCUT2D eigenvalue weighted by Crippen LogP contribution is -2.46. The lowest BCUT2D eigenvalue weighted by atomic mass is 9.92. The first-order valence-electron chi connectivity index (χ1n) is 9.41. The fourth-order valence-electron chi connectivity index (χ4n) is 5.05. The van der Waals surface area contributed by atoms with Gasteiger partial charge in [0.15, 0.2) is 0 Å². The van der Waals surface area contributed by atoms with Crippen LogP contribution in [-0.4, -0.2) is 66.6 Å². The summed E-state index contributed by atoms with van der Waals surface area (Å²) in [6.07, 6.45) is 5.50. The molecule has 0 N–H and O–H groups in total. The van der Waals surface area contributed by atoms with E-state index in [9.17, 15) is 0 Å². The topological polar surface area (TPSA) is 22.9 Å². The third-order valence-corrected chi connectivity index (χ3v) is 6.29. The minimum absolute atomic E-state index is 0.772. The van der Waals surface area contributed by atoms with E-state index < -0.39 is 0 Å². The van der Waals surface area contributed by atoms with Crippen molar-refractivity contribution in [3.8, 4) is 0 Å². The highest BCUT2D eigenvalue weighted by Crippen LogP contribution is 2.35. The Balaban J connectivity index is 1.34. The Morgan fingerprint density at radius 2 is 1.96 bits per heavy atom. The van der Waals surface area contributed by atoms with Crippen molar-refractivity contribution in [2.24, 2.45) is 5.92 Å². The number of hydrogen-bond donors (Lipinski definition) is 0. The molecule has 23 heavy (non-hydrogen) atoms. The van der Waals surface area contributed by atoms with Gasteiger partial charge in [-0.3, -0.25) is 9.80 Å². The molecule has 0 saturated carbocycles. The SMILES string of the molecule is Cc1ccc(CN2CC[C@@H]3[C@@H](C[C@H](CN4CCCC4)N3C)C2)o1. The second kappa shape index (κ2) is 6.58. The minimum Gasteiger partial charge on any atom is -0.465 e. The van der Waals surface area contributed by atoms with E-state index in [-0.39, 0.29) is 0 Å². The fraction of sp³-hybridized carbons (Fsp3) is 0.789. The molecule has 4 nitrogen and oxygen atoms in total. The van der Waals surface area contributed by atoms with Crippen LogP contribution in [-0.2, 0) is 6.54 Å². The molecule has 0 unspecified atom stereocenters. The molecule has 0 spiro atoms. The zero-order valence-electron chi connectivity index (χ0n) is 14.7. The standard InChI is InChI=1S/C19H31N3O/c1-15-5-6-18(23-15)14-22-10-7-19-16(12-22)11-17(20(19)2)13-21-8-3-4-9-21/h5-6,16-17,19H,3-4,7-14H2,1-2H3/t16-,17+,19+/m0/s1. The molecule has 0 bridgehead atoms. The Bertz CT molecular complexity index is 522. The number of nitrogens with zero attached hydrogens (tertiary/aromatic N) is 3. The average molecular weight is 317 g/mol. The lowest BCUT2D eigenvalue weighted by Gasteiger charge is -2.37. The van der Waals surface area contributed by atoms with E-state index in [1.54, 1.807) is 0 Å². The summed E-state index contributed by atoms with van der Waals surface area (Å²) in [5.41, 5.74) is 0. The number of rotatable bonds is 4. The molecule has 3 fully saturated rings. The fourth-order valence-corrected chi connectivity index (χ4v) is 5.05. The molecule has 0 aromatic carbocycles. The van der Waals surface area contributed by atoms with Crippen LogP contribution < -0.4 is 0 Å². The first-order chi connectivity index (χ1) is 11.2. The highest BCUT2D eigenvalue weighted by Gasteiger charge is 2.42. The highest BCUT2D eigenvalue weighted by molar-refractivity contribution is 5.06. The Morgan fingerprint density at radius 3 is 2.70 bits per heavy atom. The summed E-state index contributed by atoms with van der Waals surface area (Å²) in [5, 5.41) is 0. The molecular weight excluding hydrogens is 286 g/mol. The summed E-state index contributed by atoms with van der Waals surface area (Å²) in [7, 11) is 2.37. The molecule has 0 aliphatic carbocycles. The molecule has 3 aliphatic heterocycles. The maximum Gasteiger partial charge on any atom is 0.118 e. The van der Waals surface area contributed by atoms with Gasteiger partial charge in [-0.25, -0.2) is 0 Å². The maximum atomic E-state index is 5.77. The van der Waals surface area contributed by atoms with Gasteiger partial charge in [-0.15, -0.1) is 0 Å². The van der Waals surface area contributed by atoms with Crippen molar-refractivity contribution in [2.45, 2.75) is 51.2 Å². The van der Waals surface area contributed by atoms with Gasteiger partial charge in [-0.05, 0) is 70.8 Å². The summed E-state index contributed by atoms with van der Waals surface area (Å²) in [6, 6.07) is 5.79. The van der Waals surface area contributed by atoms with Gasteiger partial charge in [-0.2, -0.15) is 0 Å². The van der Waals surface area contributed by atoms with Crippen LogP contribution in [0.5, 0.6) is 0 Å². The quantitative estimate of drug-likeness (QED) is 0.851. The van der Waals surface area contributed by atoms with E-state index >= 15 is 0 Å². The van der Waals surface area contributed by atoms with E-state index in [1.807, 2.05) is 6.92 Å². The summed E-state index contributed by atoms with van der Waals surface area (Å²) in [5.74, 6) is 3.00. The molecule has 1 aromatic heterocycles. The number of furan rings is 1. The first kappa shape index (κ1) is 15.7. The van der Waals surface area contributed by atoms with Crippen LogP contribution in [0.15, 0.2) is 16.5 Å². The van der Waals surface area contributed by atoms with Crippen LogP contribution in [0.3, 0.4) is 0 Å². The second-order valence-corrected chi connectivity index (χ2v) is 7.93. The summed E-state index contributed by atoms with van der Waals surface area (Å²) in [4.78, 5) is 7.99. The minimum atomic E-state index is 0.772. The highest BCUT2D eigenvalue weighted by atomic mass is 16.3. The van der Waals surface area contributed by atoms with Crippen LogP contribution in [0.4, 0.5) is 0 Å². The van der Waals surface area contributed by atoms with Gasteiger partial charge in [-0.1, -0.05) is 0 Å². The third kappa shape index (κ3) is 3.35. The van der Waals surface area contributed by atoms with Gasteiger partial charge in [0.05, 0.1) is 6.54 Å².